The Morgan fingerprint density at radius 1 is 0.500 bits per heavy atom. The molecule has 0 atom stereocenters. The molecule has 0 bridgehead atoms. The summed E-state index contributed by atoms with van der Waals surface area (Å²) >= 11 is 0. The van der Waals surface area contributed by atoms with Crippen LogP contribution in [0.5, 0.6) is 0 Å². The summed E-state index contributed by atoms with van der Waals surface area (Å²) in [6, 6.07) is 46.0. The van der Waals surface area contributed by atoms with Crippen LogP contribution in [0.3, 0.4) is 0 Å². The molecular weight excluding hydrogens is 512 g/mol. The monoisotopic (exact) mass is 534 g/mol. The van der Waals surface area contributed by atoms with E-state index in [4.69, 9.17) is 0 Å². The summed E-state index contributed by atoms with van der Waals surface area (Å²) in [5.74, 6) is 0. The van der Waals surface area contributed by atoms with Crippen molar-refractivity contribution in [2.24, 2.45) is 0 Å². The van der Waals surface area contributed by atoms with Crippen molar-refractivity contribution >= 4 is 17.1 Å². The van der Waals surface area contributed by atoms with E-state index in [1.807, 2.05) is 60.9 Å². The zero-order valence-corrected chi connectivity index (χ0v) is 22.5. The Bertz CT molecular complexity index is 2080. The number of hydrogen-bond donors (Lipinski definition) is 0. The largest absolute Gasteiger partial charge is 0.310 e. The van der Waals surface area contributed by atoms with E-state index in [0.29, 0.717) is 11.1 Å². The van der Waals surface area contributed by atoms with Crippen molar-refractivity contribution in [3.63, 3.8) is 0 Å². The molecule has 0 amide bonds. The Kier molecular flexibility index (Phi) is 5.13. The maximum Gasteiger partial charge on any atom is 0.0992 e. The van der Waals surface area contributed by atoms with Crippen molar-refractivity contribution in [3.8, 4) is 34.4 Å². The molecule has 8 rings (SSSR count). The van der Waals surface area contributed by atoms with Crippen LogP contribution in [-0.4, -0.2) is 4.98 Å². The smallest absolute Gasteiger partial charge is 0.0992 e. The van der Waals surface area contributed by atoms with Gasteiger partial charge in [0.05, 0.1) is 28.7 Å². The lowest BCUT2D eigenvalue weighted by atomic mass is 9.71. The number of nitriles is 2. The Balaban J connectivity index is 1.40. The van der Waals surface area contributed by atoms with Crippen LogP contribution in [-0.2, 0) is 5.41 Å². The summed E-state index contributed by atoms with van der Waals surface area (Å²) in [6.45, 7) is 0. The maximum atomic E-state index is 9.66. The molecule has 6 aromatic rings. The van der Waals surface area contributed by atoms with Crippen LogP contribution >= 0.6 is 0 Å². The molecule has 0 N–H and O–H groups in total. The van der Waals surface area contributed by atoms with Gasteiger partial charge in [0.15, 0.2) is 0 Å². The molecule has 1 aromatic heterocycles. The second-order valence-corrected chi connectivity index (χ2v) is 10.6. The Morgan fingerprint density at radius 2 is 1.12 bits per heavy atom. The van der Waals surface area contributed by atoms with E-state index >= 15 is 0 Å². The molecule has 0 saturated carbocycles. The molecule has 2 aliphatic carbocycles. The summed E-state index contributed by atoms with van der Waals surface area (Å²) in [5.41, 5.74) is 13.3. The molecule has 42 heavy (non-hydrogen) atoms. The van der Waals surface area contributed by atoms with Crippen LogP contribution in [0.1, 0.15) is 33.4 Å². The van der Waals surface area contributed by atoms with Gasteiger partial charge in [-0.25, -0.2) is 0 Å². The van der Waals surface area contributed by atoms with Gasteiger partial charge in [-0.3, -0.25) is 4.98 Å². The lowest BCUT2D eigenvalue weighted by Crippen LogP contribution is -2.25. The van der Waals surface area contributed by atoms with E-state index < -0.39 is 5.41 Å². The first kappa shape index (κ1) is 23.9. The molecule has 0 aliphatic heterocycles. The first-order chi connectivity index (χ1) is 20.7. The summed E-state index contributed by atoms with van der Waals surface area (Å²) in [6.07, 6.45) is 3.88. The Hall–Kier alpha value is -5.97. The lowest BCUT2D eigenvalue weighted by molar-refractivity contribution is 0.792. The number of hydrogen-bond acceptors (Lipinski definition) is 4. The zero-order valence-electron chi connectivity index (χ0n) is 22.5. The topological polar surface area (TPSA) is 63.7 Å². The van der Waals surface area contributed by atoms with Gasteiger partial charge in [-0.1, -0.05) is 60.7 Å². The van der Waals surface area contributed by atoms with Crippen molar-refractivity contribution in [2.75, 3.05) is 4.90 Å². The fourth-order valence-electron chi connectivity index (χ4n) is 6.96. The van der Waals surface area contributed by atoms with Gasteiger partial charge in [-0.15, -0.1) is 0 Å². The van der Waals surface area contributed by atoms with Gasteiger partial charge < -0.3 is 4.90 Å². The first-order valence-corrected chi connectivity index (χ1v) is 13.8. The molecule has 2 aliphatic rings. The third-order valence-electron chi connectivity index (χ3n) is 8.62. The van der Waals surface area contributed by atoms with Crippen LogP contribution < -0.4 is 4.90 Å². The molecule has 4 heteroatoms. The van der Waals surface area contributed by atoms with E-state index in [-0.39, 0.29) is 0 Å². The number of fused-ring (bicyclic) bond motifs is 10. The van der Waals surface area contributed by atoms with E-state index in [1.165, 1.54) is 33.4 Å². The minimum Gasteiger partial charge on any atom is -0.310 e. The predicted molar refractivity (Wildman–Crippen MR) is 165 cm³/mol. The van der Waals surface area contributed by atoms with Crippen LogP contribution in [0.4, 0.5) is 17.1 Å². The van der Waals surface area contributed by atoms with Gasteiger partial charge in [0.1, 0.15) is 0 Å². The number of nitrogens with zero attached hydrogens (tertiary/aromatic N) is 4. The summed E-state index contributed by atoms with van der Waals surface area (Å²) in [5, 5.41) is 19.1. The van der Waals surface area contributed by atoms with Crippen molar-refractivity contribution in [1.29, 1.82) is 10.5 Å². The molecule has 0 unspecified atom stereocenters. The highest BCUT2D eigenvalue weighted by molar-refractivity contribution is 5.96. The highest BCUT2D eigenvalue weighted by Gasteiger charge is 2.51. The Morgan fingerprint density at radius 3 is 1.83 bits per heavy atom. The van der Waals surface area contributed by atoms with E-state index in [1.54, 1.807) is 0 Å². The molecule has 1 spiro atoms. The average molecular weight is 535 g/mol. The molecule has 4 nitrogen and oxygen atoms in total. The second-order valence-electron chi connectivity index (χ2n) is 10.6. The van der Waals surface area contributed by atoms with Crippen LogP contribution in [0.2, 0.25) is 0 Å². The van der Waals surface area contributed by atoms with Crippen molar-refractivity contribution in [3.05, 3.63) is 167 Å². The fraction of sp³-hybridized carbons (Fsp3) is 0.0263. The van der Waals surface area contributed by atoms with Crippen LogP contribution in [0, 0.1) is 22.7 Å². The number of anilines is 3. The molecular formula is C38H22N4. The van der Waals surface area contributed by atoms with Gasteiger partial charge in [-0.05, 0) is 99.6 Å². The molecule has 194 valence electrons. The van der Waals surface area contributed by atoms with Crippen LogP contribution in [0.15, 0.2) is 134 Å². The van der Waals surface area contributed by atoms with Gasteiger partial charge in [0, 0.05) is 35.0 Å². The van der Waals surface area contributed by atoms with E-state index in [9.17, 15) is 10.5 Å². The molecule has 5 aromatic carbocycles. The minimum absolute atomic E-state index is 0.431. The number of benzene rings is 5. The third-order valence-corrected chi connectivity index (χ3v) is 8.62. The minimum atomic E-state index is -0.431. The SMILES string of the molecule is N#Cc1ccc(N(c2cccc(C#N)c2)c2ccc3c(c2)-c2cnccc2C32c3ccccc3-c3ccccc32)cc1. The Labute approximate surface area is 244 Å². The normalized spacial score (nSPS) is 12.9. The summed E-state index contributed by atoms with van der Waals surface area (Å²) < 4.78 is 0. The van der Waals surface area contributed by atoms with Gasteiger partial charge in [0.2, 0.25) is 0 Å². The standard InChI is InChI=1S/C38H22N4/c39-22-25-12-14-27(15-13-25)42(28-7-5-6-26(20-28)23-40)29-16-17-36-32(21-29)33-24-41-19-18-37(33)38(36)34-10-3-1-8-30(34)31-9-2-4-11-35(31)38/h1-21,24H. The lowest BCUT2D eigenvalue weighted by Gasteiger charge is -2.31. The molecule has 1 heterocycles. The molecule has 0 fully saturated rings. The fourth-order valence-corrected chi connectivity index (χ4v) is 6.96. The quantitative estimate of drug-likeness (QED) is 0.228. The van der Waals surface area contributed by atoms with Crippen molar-refractivity contribution in [2.45, 2.75) is 5.41 Å². The summed E-state index contributed by atoms with van der Waals surface area (Å²) in [4.78, 5) is 6.71. The van der Waals surface area contributed by atoms with Crippen molar-refractivity contribution in [1.82, 2.24) is 4.98 Å². The van der Waals surface area contributed by atoms with Crippen LogP contribution in [0.25, 0.3) is 22.3 Å². The van der Waals surface area contributed by atoms with Gasteiger partial charge in [0.25, 0.3) is 0 Å². The first-order valence-electron chi connectivity index (χ1n) is 13.8. The van der Waals surface area contributed by atoms with Crippen molar-refractivity contribution < 1.29 is 0 Å². The number of rotatable bonds is 3. The zero-order chi connectivity index (χ0) is 28.3. The molecule has 0 saturated heterocycles. The predicted octanol–water partition coefficient (Wildman–Crippen LogP) is 8.64. The summed E-state index contributed by atoms with van der Waals surface area (Å²) in [7, 11) is 0. The highest BCUT2D eigenvalue weighted by atomic mass is 15.1. The van der Waals surface area contributed by atoms with E-state index in [2.05, 4.69) is 94.8 Å². The number of pyridine rings is 1. The van der Waals surface area contributed by atoms with E-state index in [0.717, 1.165) is 28.2 Å². The van der Waals surface area contributed by atoms with Gasteiger partial charge >= 0.3 is 0 Å². The molecule has 0 radical (unpaired) electrons. The third kappa shape index (κ3) is 3.18. The second kappa shape index (κ2) is 9.03. The van der Waals surface area contributed by atoms with Gasteiger partial charge in [-0.2, -0.15) is 10.5 Å². The number of aromatic nitrogens is 1. The highest BCUT2D eigenvalue weighted by Crippen LogP contribution is 2.63. The average Bonchev–Trinajstić information content (AvgIpc) is 3.52. The maximum absolute atomic E-state index is 9.66.